The Bertz CT molecular complexity index is 206. The molecule has 1 fully saturated rings. The van der Waals surface area contributed by atoms with E-state index in [4.69, 9.17) is 0 Å². The zero-order valence-electron chi connectivity index (χ0n) is 10.7. The van der Waals surface area contributed by atoms with Crippen LogP contribution in [-0.4, -0.2) is 25.5 Å². The van der Waals surface area contributed by atoms with E-state index >= 15 is 0 Å². The SMILES string of the molecule is CNCCCC(=O)NC1CCCC(C)CC1. The van der Waals surface area contributed by atoms with Crippen LogP contribution in [0, 0.1) is 5.92 Å². The van der Waals surface area contributed by atoms with E-state index in [0.29, 0.717) is 12.5 Å². The van der Waals surface area contributed by atoms with Crippen molar-refractivity contribution in [3.05, 3.63) is 0 Å². The molecule has 1 aliphatic carbocycles. The predicted octanol–water partition coefficient (Wildman–Crippen LogP) is 2.07. The molecule has 16 heavy (non-hydrogen) atoms. The van der Waals surface area contributed by atoms with Gasteiger partial charge in [0.1, 0.15) is 0 Å². The second-order valence-electron chi connectivity index (χ2n) is 5.08. The summed E-state index contributed by atoms with van der Waals surface area (Å²) in [7, 11) is 1.92. The highest BCUT2D eigenvalue weighted by Gasteiger charge is 2.17. The van der Waals surface area contributed by atoms with Crippen molar-refractivity contribution in [1.82, 2.24) is 10.6 Å². The fourth-order valence-corrected chi connectivity index (χ4v) is 2.36. The van der Waals surface area contributed by atoms with E-state index in [1.54, 1.807) is 0 Å². The van der Waals surface area contributed by atoms with Crippen LogP contribution in [-0.2, 0) is 4.79 Å². The molecule has 1 amide bonds. The lowest BCUT2D eigenvalue weighted by Crippen LogP contribution is -2.34. The minimum absolute atomic E-state index is 0.231. The molecule has 3 nitrogen and oxygen atoms in total. The van der Waals surface area contributed by atoms with Gasteiger partial charge in [-0.15, -0.1) is 0 Å². The Hall–Kier alpha value is -0.570. The van der Waals surface area contributed by atoms with Gasteiger partial charge in [0.15, 0.2) is 0 Å². The van der Waals surface area contributed by atoms with Gasteiger partial charge in [-0.2, -0.15) is 0 Å². The number of carbonyl (C=O) groups excluding carboxylic acids is 1. The van der Waals surface area contributed by atoms with Gasteiger partial charge < -0.3 is 10.6 Å². The van der Waals surface area contributed by atoms with Gasteiger partial charge in [0.05, 0.1) is 0 Å². The van der Waals surface area contributed by atoms with Gasteiger partial charge in [0, 0.05) is 12.5 Å². The average Bonchev–Trinajstić information content (AvgIpc) is 2.44. The molecule has 94 valence electrons. The van der Waals surface area contributed by atoms with Crippen LogP contribution in [0.4, 0.5) is 0 Å². The highest BCUT2D eigenvalue weighted by molar-refractivity contribution is 5.76. The molecule has 3 heteroatoms. The summed E-state index contributed by atoms with van der Waals surface area (Å²) in [6.07, 6.45) is 7.79. The quantitative estimate of drug-likeness (QED) is 0.556. The third kappa shape index (κ3) is 5.50. The number of hydrogen-bond donors (Lipinski definition) is 2. The van der Waals surface area contributed by atoms with Crippen molar-refractivity contribution in [3.63, 3.8) is 0 Å². The lowest BCUT2D eigenvalue weighted by molar-refractivity contribution is -0.121. The number of hydrogen-bond acceptors (Lipinski definition) is 2. The van der Waals surface area contributed by atoms with Gasteiger partial charge >= 0.3 is 0 Å². The van der Waals surface area contributed by atoms with Crippen molar-refractivity contribution in [2.24, 2.45) is 5.92 Å². The van der Waals surface area contributed by atoms with Crippen LogP contribution in [0.25, 0.3) is 0 Å². The summed E-state index contributed by atoms with van der Waals surface area (Å²) in [4.78, 5) is 11.6. The van der Waals surface area contributed by atoms with Crippen LogP contribution >= 0.6 is 0 Å². The molecule has 2 unspecified atom stereocenters. The van der Waals surface area contributed by atoms with E-state index in [1.807, 2.05) is 7.05 Å². The van der Waals surface area contributed by atoms with E-state index in [9.17, 15) is 4.79 Å². The zero-order chi connectivity index (χ0) is 11.8. The van der Waals surface area contributed by atoms with Gasteiger partial charge in [-0.1, -0.05) is 19.8 Å². The molecule has 2 N–H and O–H groups in total. The minimum Gasteiger partial charge on any atom is -0.353 e. The Morgan fingerprint density at radius 2 is 2.06 bits per heavy atom. The standard InChI is InChI=1S/C13H26N2O/c1-11-5-3-6-12(9-8-11)15-13(16)7-4-10-14-2/h11-12,14H,3-10H2,1-2H3,(H,15,16). The Balaban J connectivity index is 2.17. The van der Waals surface area contributed by atoms with E-state index in [0.717, 1.165) is 18.9 Å². The van der Waals surface area contributed by atoms with Gasteiger partial charge in [-0.25, -0.2) is 0 Å². The number of carbonyl (C=O) groups is 1. The van der Waals surface area contributed by atoms with Crippen LogP contribution in [0.2, 0.25) is 0 Å². The van der Waals surface area contributed by atoms with Crippen molar-refractivity contribution in [2.45, 2.75) is 57.9 Å². The molecular formula is C13H26N2O. The lowest BCUT2D eigenvalue weighted by atomic mass is 10.0. The van der Waals surface area contributed by atoms with Crippen molar-refractivity contribution >= 4 is 5.91 Å². The summed E-state index contributed by atoms with van der Waals surface area (Å²) in [5, 5.41) is 6.23. The van der Waals surface area contributed by atoms with Gasteiger partial charge in [0.2, 0.25) is 5.91 Å². The molecule has 1 saturated carbocycles. The molecule has 0 spiro atoms. The summed E-state index contributed by atoms with van der Waals surface area (Å²) in [6.45, 7) is 3.24. The molecule has 0 radical (unpaired) electrons. The van der Waals surface area contributed by atoms with E-state index < -0.39 is 0 Å². The Labute approximate surface area is 99.4 Å². The largest absolute Gasteiger partial charge is 0.353 e. The topological polar surface area (TPSA) is 41.1 Å². The molecule has 0 aliphatic heterocycles. The van der Waals surface area contributed by atoms with Crippen LogP contribution in [0.1, 0.15) is 51.9 Å². The molecule has 0 aromatic rings. The first kappa shape index (κ1) is 13.5. The predicted molar refractivity (Wildman–Crippen MR) is 67.3 cm³/mol. The summed E-state index contributed by atoms with van der Waals surface area (Å²) in [5.41, 5.74) is 0. The van der Waals surface area contributed by atoms with Crippen molar-refractivity contribution in [2.75, 3.05) is 13.6 Å². The number of rotatable bonds is 5. The average molecular weight is 226 g/mol. The van der Waals surface area contributed by atoms with E-state index in [2.05, 4.69) is 17.6 Å². The summed E-state index contributed by atoms with van der Waals surface area (Å²) in [5.74, 6) is 1.07. The third-order valence-corrected chi connectivity index (χ3v) is 3.45. The monoisotopic (exact) mass is 226 g/mol. The van der Waals surface area contributed by atoms with E-state index in [-0.39, 0.29) is 5.91 Å². The third-order valence-electron chi connectivity index (χ3n) is 3.45. The molecule has 0 aromatic carbocycles. The van der Waals surface area contributed by atoms with Crippen LogP contribution in [0.5, 0.6) is 0 Å². The maximum atomic E-state index is 11.6. The van der Waals surface area contributed by atoms with Crippen LogP contribution in [0.3, 0.4) is 0 Å². The summed E-state index contributed by atoms with van der Waals surface area (Å²) < 4.78 is 0. The molecular weight excluding hydrogens is 200 g/mol. The molecule has 1 aliphatic rings. The Morgan fingerprint density at radius 1 is 1.25 bits per heavy atom. The van der Waals surface area contributed by atoms with Crippen molar-refractivity contribution in [1.29, 1.82) is 0 Å². The Kier molecular flexibility index (Phi) is 6.46. The maximum Gasteiger partial charge on any atom is 0.220 e. The van der Waals surface area contributed by atoms with Crippen molar-refractivity contribution in [3.8, 4) is 0 Å². The molecule has 1 rings (SSSR count). The number of nitrogens with one attached hydrogen (secondary N) is 2. The van der Waals surface area contributed by atoms with Crippen molar-refractivity contribution < 1.29 is 4.79 Å². The highest BCUT2D eigenvalue weighted by atomic mass is 16.1. The van der Waals surface area contributed by atoms with Gasteiger partial charge in [0.25, 0.3) is 0 Å². The smallest absolute Gasteiger partial charge is 0.220 e. The second-order valence-corrected chi connectivity index (χ2v) is 5.08. The zero-order valence-corrected chi connectivity index (χ0v) is 10.7. The fourth-order valence-electron chi connectivity index (χ4n) is 2.36. The first-order valence-corrected chi connectivity index (χ1v) is 6.66. The lowest BCUT2D eigenvalue weighted by Gasteiger charge is -2.16. The minimum atomic E-state index is 0.231. The van der Waals surface area contributed by atoms with Crippen LogP contribution < -0.4 is 10.6 Å². The summed E-state index contributed by atoms with van der Waals surface area (Å²) >= 11 is 0. The molecule has 0 heterocycles. The van der Waals surface area contributed by atoms with Gasteiger partial charge in [-0.3, -0.25) is 4.79 Å². The first-order valence-electron chi connectivity index (χ1n) is 6.66. The molecule has 2 atom stereocenters. The summed E-state index contributed by atoms with van der Waals surface area (Å²) in [6, 6.07) is 0.437. The maximum absolute atomic E-state index is 11.6. The first-order chi connectivity index (χ1) is 7.72. The highest BCUT2D eigenvalue weighted by Crippen LogP contribution is 2.22. The molecule has 0 bridgehead atoms. The normalized spacial score (nSPS) is 26.1. The Morgan fingerprint density at radius 3 is 2.81 bits per heavy atom. The van der Waals surface area contributed by atoms with Crippen LogP contribution in [0.15, 0.2) is 0 Å². The fraction of sp³-hybridized carbons (Fsp3) is 0.923. The van der Waals surface area contributed by atoms with Gasteiger partial charge in [-0.05, 0) is 45.2 Å². The second kappa shape index (κ2) is 7.66. The molecule has 0 saturated heterocycles. The van der Waals surface area contributed by atoms with E-state index in [1.165, 1.54) is 32.1 Å². The number of amides is 1. The molecule has 0 aromatic heterocycles.